The van der Waals surface area contributed by atoms with Gasteiger partial charge in [-0.25, -0.2) is 9.37 Å². The number of nitrogens with zero attached hydrogens (tertiary/aromatic N) is 1. The molecule has 0 fully saturated rings. The highest BCUT2D eigenvalue weighted by Crippen LogP contribution is 2.15. The number of carbonyl (C=O) groups excluding carboxylic acids is 1. The van der Waals surface area contributed by atoms with Crippen LogP contribution in [-0.2, 0) is 24.5 Å². The standard InChI is InChI=1S/C22H22FN3O3/c1-28-14-18-7-10-20(21(24)26-18)22(27)25-12-15-5-8-19(9-6-15)29-13-16-3-2-4-17(23)11-16/h2-11H,12-14H2,1H3,(H2,24,26)(H,25,27). The first-order valence-corrected chi connectivity index (χ1v) is 9.04. The molecule has 0 radical (unpaired) electrons. The Morgan fingerprint density at radius 1 is 1.07 bits per heavy atom. The second-order valence-electron chi connectivity index (χ2n) is 6.41. The molecule has 0 unspecified atom stereocenters. The van der Waals surface area contributed by atoms with E-state index in [-0.39, 0.29) is 24.1 Å². The number of hydrogen-bond donors (Lipinski definition) is 2. The maximum absolute atomic E-state index is 13.2. The minimum atomic E-state index is -0.301. The molecule has 0 aliphatic rings. The molecule has 0 saturated heterocycles. The number of rotatable bonds is 8. The fourth-order valence-corrected chi connectivity index (χ4v) is 2.71. The summed E-state index contributed by atoms with van der Waals surface area (Å²) in [6, 6.07) is 16.9. The van der Waals surface area contributed by atoms with Crippen molar-refractivity contribution in [3.05, 3.63) is 88.9 Å². The fourth-order valence-electron chi connectivity index (χ4n) is 2.71. The first kappa shape index (κ1) is 20.3. The molecule has 3 aromatic rings. The highest BCUT2D eigenvalue weighted by atomic mass is 19.1. The molecule has 150 valence electrons. The van der Waals surface area contributed by atoms with Crippen LogP contribution in [0.1, 0.15) is 27.2 Å². The summed E-state index contributed by atoms with van der Waals surface area (Å²) >= 11 is 0. The Morgan fingerprint density at radius 3 is 2.55 bits per heavy atom. The minimum Gasteiger partial charge on any atom is -0.489 e. The number of pyridine rings is 1. The number of anilines is 1. The Bertz CT molecular complexity index is 977. The van der Waals surface area contributed by atoms with E-state index in [0.29, 0.717) is 30.2 Å². The van der Waals surface area contributed by atoms with Gasteiger partial charge in [-0.15, -0.1) is 0 Å². The maximum Gasteiger partial charge on any atom is 0.255 e. The Labute approximate surface area is 168 Å². The molecular weight excluding hydrogens is 373 g/mol. The number of methoxy groups -OCH3 is 1. The fraction of sp³-hybridized carbons (Fsp3) is 0.182. The molecule has 0 saturated carbocycles. The summed E-state index contributed by atoms with van der Waals surface area (Å²) in [4.78, 5) is 16.5. The predicted molar refractivity (Wildman–Crippen MR) is 108 cm³/mol. The first-order chi connectivity index (χ1) is 14.0. The number of nitrogens with two attached hydrogens (primary N) is 1. The number of carbonyl (C=O) groups is 1. The third kappa shape index (κ3) is 5.76. The lowest BCUT2D eigenvalue weighted by molar-refractivity contribution is 0.0951. The van der Waals surface area contributed by atoms with Crippen molar-refractivity contribution < 1.29 is 18.7 Å². The molecule has 3 N–H and O–H groups in total. The van der Waals surface area contributed by atoms with Crippen LogP contribution in [0, 0.1) is 5.82 Å². The van der Waals surface area contributed by atoms with Crippen molar-refractivity contribution in [1.82, 2.24) is 10.3 Å². The molecule has 0 bridgehead atoms. The van der Waals surface area contributed by atoms with Gasteiger partial charge in [0.2, 0.25) is 0 Å². The molecule has 1 amide bonds. The van der Waals surface area contributed by atoms with Crippen LogP contribution >= 0.6 is 0 Å². The SMILES string of the molecule is COCc1ccc(C(=O)NCc2ccc(OCc3cccc(F)c3)cc2)c(N)n1. The van der Waals surface area contributed by atoms with Gasteiger partial charge in [0.15, 0.2) is 0 Å². The van der Waals surface area contributed by atoms with Gasteiger partial charge in [-0.1, -0.05) is 24.3 Å². The largest absolute Gasteiger partial charge is 0.489 e. The molecule has 1 aromatic heterocycles. The summed E-state index contributed by atoms with van der Waals surface area (Å²) in [6.07, 6.45) is 0. The second kappa shape index (κ2) is 9.66. The summed E-state index contributed by atoms with van der Waals surface area (Å²) in [5.41, 5.74) is 8.50. The maximum atomic E-state index is 13.2. The quantitative estimate of drug-likeness (QED) is 0.610. The smallest absolute Gasteiger partial charge is 0.255 e. The number of hydrogen-bond acceptors (Lipinski definition) is 5. The Balaban J connectivity index is 1.52. The van der Waals surface area contributed by atoms with Crippen LogP contribution in [0.15, 0.2) is 60.7 Å². The highest BCUT2D eigenvalue weighted by molar-refractivity contribution is 5.98. The molecule has 6 nitrogen and oxygen atoms in total. The van der Waals surface area contributed by atoms with E-state index in [1.165, 1.54) is 12.1 Å². The molecular formula is C22H22FN3O3. The number of halogens is 1. The van der Waals surface area contributed by atoms with Gasteiger partial charge in [-0.05, 0) is 47.5 Å². The van der Waals surface area contributed by atoms with E-state index in [9.17, 15) is 9.18 Å². The van der Waals surface area contributed by atoms with Crippen LogP contribution in [0.4, 0.5) is 10.2 Å². The zero-order valence-corrected chi connectivity index (χ0v) is 16.0. The lowest BCUT2D eigenvalue weighted by Gasteiger charge is -2.10. The van der Waals surface area contributed by atoms with Gasteiger partial charge in [-0.3, -0.25) is 4.79 Å². The number of nitrogens with one attached hydrogen (secondary N) is 1. The van der Waals surface area contributed by atoms with Crippen molar-refractivity contribution in [2.75, 3.05) is 12.8 Å². The van der Waals surface area contributed by atoms with Gasteiger partial charge in [0.25, 0.3) is 5.91 Å². The highest BCUT2D eigenvalue weighted by Gasteiger charge is 2.11. The molecule has 1 heterocycles. The Morgan fingerprint density at radius 2 is 1.86 bits per heavy atom. The second-order valence-corrected chi connectivity index (χ2v) is 6.41. The number of ether oxygens (including phenoxy) is 2. The topological polar surface area (TPSA) is 86.5 Å². The lowest BCUT2D eigenvalue weighted by Crippen LogP contribution is -2.24. The van der Waals surface area contributed by atoms with Crippen LogP contribution in [0.2, 0.25) is 0 Å². The number of benzene rings is 2. The van der Waals surface area contributed by atoms with Crippen LogP contribution in [0.3, 0.4) is 0 Å². The third-order valence-electron chi connectivity index (χ3n) is 4.19. The Hall–Kier alpha value is -3.45. The zero-order valence-electron chi connectivity index (χ0n) is 16.0. The summed E-state index contributed by atoms with van der Waals surface area (Å²) in [7, 11) is 1.57. The van der Waals surface area contributed by atoms with Crippen molar-refractivity contribution in [1.29, 1.82) is 0 Å². The van der Waals surface area contributed by atoms with E-state index in [2.05, 4.69) is 10.3 Å². The lowest BCUT2D eigenvalue weighted by atomic mass is 10.2. The summed E-state index contributed by atoms with van der Waals surface area (Å²) in [5.74, 6) is 0.233. The summed E-state index contributed by atoms with van der Waals surface area (Å²) < 4.78 is 23.8. The van der Waals surface area contributed by atoms with Crippen molar-refractivity contribution in [3.8, 4) is 5.75 Å². The van der Waals surface area contributed by atoms with Gasteiger partial charge < -0.3 is 20.5 Å². The number of nitrogen functional groups attached to an aromatic ring is 1. The van der Waals surface area contributed by atoms with Crippen LogP contribution < -0.4 is 15.8 Å². The van der Waals surface area contributed by atoms with Crippen LogP contribution in [0.5, 0.6) is 5.75 Å². The first-order valence-electron chi connectivity index (χ1n) is 9.04. The average Bonchev–Trinajstić information content (AvgIpc) is 2.72. The van der Waals surface area contributed by atoms with Gasteiger partial charge >= 0.3 is 0 Å². The molecule has 2 aromatic carbocycles. The normalized spacial score (nSPS) is 10.6. The molecule has 0 aliphatic heterocycles. The van der Waals surface area contributed by atoms with Crippen molar-refractivity contribution in [2.24, 2.45) is 0 Å². The van der Waals surface area contributed by atoms with E-state index >= 15 is 0 Å². The molecule has 3 rings (SSSR count). The van der Waals surface area contributed by atoms with Gasteiger partial charge in [0.05, 0.1) is 17.9 Å². The number of amides is 1. The van der Waals surface area contributed by atoms with Crippen LogP contribution in [-0.4, -0.2) is 18.0 Å². The summed E-state index contributed by atoms with van der Waals surface area (Å²) in [5, 5.41) is 2.82. The molecule has 0 spiro atoms. The third-order valence-corrected chi connectivity index (χ3v) is 4.19. The van der Waals surface area contributed by atoms with Crippen LogP contribution in [0.25, 0.3) is 0 Å². The zero-order chi connectivity index (χ0) is 20.6. The van der Waals surface area contributed by atoms with Crippen molar-refractivity contribution in [2.45, 2.75) is 19.8 Å². The Kier molecular flexibility index (Phi) is 6.76. The van der Waals surface area contributed by atoms with Gasteiger partial charge in [0.1, 0.15) is 24.0 Å². The summed E-state index contributed by atoms with van der Waals surface area (Å²) in [6.45, 7) is 0.946. The molecule has 29 heavy (non-hydrogen) atoms. The molecule has 0 atom stereocenters. The van der Waals surface area contributed by atoms with E-state index in [1.807, 2.05) is 12.1 Å². The van der Waals surface area contributed by atoms with Gasteiger partial charge in [0, 0.05) is 13.7 Å². The van der Waals surface area contributed by atoms with E-state index in [0.717, 1.165) is 11.1 Å². The molecule has 0 aliphatic carbocycles. The minimum absolute atomic E-state index is 0.165. The molecule has 7 heteroatoms. The predicted octanol–water partition coefficient (Wildman–Crippen LogP) is 3.46. The van der Waals surface area contributed by atoms with Crippen molar-refractivity contribution >= 4 is 11.7 Å². The number of aromatic nitrogens is 1. The van der Waals surface area contributed by atoms with Crippen molar-refractivity contribution in [3.63, 3.8) is 0 Å². The van der Waals surface area contributed by atoms with E-state index < -0.39 is 0 Å². The van der Waals surface area contributed by atoms with E-state index in [4.69, 9.17) is 15.2 Å². The van der Waals surface area contributed by atoms with Gasteiger partial charge in [-0.2, -0.15) is 0 Å². The van der Waals surface area contributed by atoms with E-state index in [1.54, 1.807) is 43.5 Å². The average molecular weight is 395 g/mol. The monoisotopic (exact) mass is 395 g/mol.